The number of aromatic amines is 1. The SMILES string of the molecule is CN(CC1[C@]2(C)CN(C(=O)CO)C[C@]12C)c1ncnc2[nH]ccc12. The van der Waals surface area contributed by atoms with E-state index in [1.165, 1.54) is 0 Å². The van der Waals surface area contributed by atoms with Crippen LogP contribution in [0, 0.1) is 16.7 Å². The Morgan fingerprint density at radius 2 is 2.12 bits per heavy atom. The number of anilines is 1. The van der Waals surface area contributed by atoms with Crippen molar-refractivity contribution in [2.24, 2.45) is 16.7 Å². The zero-order chi connectivity index (χ0) is 17.1. The molecule has 1 aliphatic carbocycles. The van der Waals surface area contributed by atoms with Gasteiger partial charge in [0.15, 0.2) is 0 Å². The van der Waals surface area contributed by atoms with Crippen molar-refractivity contribution in [3.8, 4) is 0 Å². The molecule has 3 atom stereocenters. The van der Waals surface area contributed by atoms with E-state index in [-0.39, 0.29) is 16.7 Å². The van der Waals surface area contributed by atoms with Crippen LogP contribution in [0.5, 0.6) is 0 Å². The molecule has 2 aromatic rings. The monoisotopic (exact) mass is 329 g/mol. The minimum Gasteiger partial charge on any atom is -0.387 e. The molecule has 1 saturated heterocycles. The van der Waals surface area contributed by atoms with Gasteiger partial charge in [0.05, 0.1) is 5.39 Å². The summed E-state index contributed by atoms with van der Waals surface area (Å²) in [5.74, 6) is 1.27. The molecule has 2 aromatic heterocycles. The summed E-state index contributed by atoms with van der Waals surface area (Å²) in [4.78, 5) is 27.6. The van der Waals surface area contributed by atoms with Gasteiger partial charge in [-0.3, -0.25) is 4.79 Å². The normalized spacial score (nSPS) is 31.3. The number of aliphatic hydroxyl groups excluding tert-OH is 1. The molecule has 1 aliphatic heterocycles. The number of H-pyrrole nitrogens is 1. The average molecular weight is 329 g/mol. The Morgan fingerprint density at radius 3 is 2.79 bits per heavy atom. The standard InChI is InChI=1S/C17H23N5O2/c1-16-8-22(13(24)7-23)9-17(16,2)12(16)6-21(3)15-11-4-5-18-14(11)19-10-20-15/h4-5,10,12,23H,6-9H2,1-3H3,(H,18,19,20)/t12?,16-,17+. The van der Waals surface area contributed by atoms with Crippen molar-refractivity contribution in [1.29, 1.82) is 0 Å². The van der Waals surface area contributed by atoms with Crippen LogP contribution < -0.4 is 4.90 Å². The summed E-state index contributed by atoms with van der Waals surface area (Å²) in [6.07, 6.45) is 3.47. The predicted molar refractivity (Wildman–Crippen MR) is 90.5 cm³/mol. The van der Waals surface area contributed by atoms with Crippen molar-refractivity contribution < 1.29 is 9.90 Å². The fourth-order valence-corrected chi connectivity index (χ4v) is 4.71. The molecule has 3 heterocycles. The predicted octanol–water partition coefficient (Wildman–Crippen LogP) is 0.871. The fraction of sp³-hybridized carbons (Fsp3) is 0.588. The van der Waals surface area contributed by atoms with Crippen molar-refractivity contribution in [2.45, 2.75) is 13.8 Å². The van der Waals surface area contributed by atoms with Gasteiger partial charge in [-0.1, -0.05) is 13.8 Å². The Bertz CT molecular complexity index is 787. The molecule has 7 nitrogen and oxygen atoms in total. The molecule has 2 N–H and O–H groups in total. The van der Waals surface area contributed by atoms with Crippen molar-refractivity contribution in [1.82, 2.24) is 19.9 Å². The fourth-order valence-electron chi connectivity index (χ4n) is 4.71. The number of rotatable bonds is 4. The number of fused-ring (bicyclic) bond motifs is 2. The van der Waals surface area contributed by atoms with E-state index in [2.05, 4.69) is 40.7 Å². The number of nitrogens with zero attached hydrogens (tertiary/aromatic N) is 4. The number of carbonyl (C=O) groups excluding carboxylic acids is 1. The van der Waals surface area contributed by atoms with E-state index in [1.54, 1.807) is 11.2 Å². The second-order valence-electron chi connectivity index (χ2n) is 7.61. The van der Waals surface area contributed by atoms with Gasteiger partial charge in [-0.15, -0.1) is 0 Å². The summed E-state index contributed by atoms with van der Waals surface area (Å²) >= 11 is 0. The largest absolute Gasteiger partial charge is 0.387 e. The van der Waals surface area contributed by atoms with Gasteiger partial charge >= 0.3 is 0 Å². The molecule has 128 valence electrons. The number of piperidine rings is 1. The average Bonchev–Trinajstić information content (AvgIpc) is 2.99. The van der Waals surface area contributed by atoms with Crippen LogP contribution in [0.4, 0.5) is 5.82 Å². The van der Waals surface area contributed by atoms with Crippen LogP contribution in [-0.2, 0) is 4.79 Å². The molecule has 2 fully saturated rings. The van der Waals surface area contributed by atoms with Gasteiger partial charge < -0.3 is 19.9 Å². The maximum Gasteiger partial charge on any atom is 0.248 e. The van der Waals surface area contributed by atoms with Crippen molar-refractivity contribution in [3.05, 3.63) is 18.6 Å². The maximum atomic E-state index is 11.8. The van der Waals surface area contributed by atoms with Crippen LogP contribution in [0.2, 0.25) is 0 Å². The smallest absolute Gasteiger partial charge is 0.248 e. The number of hydrogen-bond donors (Lipinski definition) is 2. The lowest BCUT2D eigenvalue weighted by atomic mass is 10.0. The highest BCUT2D eigenvalue weighted by Crippen LogP contribution is 2.72. The molecule has 1 saturated carbocycles. The van der Waals surface area contributed by atoms with E-state index in [0.717, 1.165) is 36.5 Å². The highest BCUT2D eigenvalue weighted by Gasteiger charge is 2.75. The van der Waals surface area contributed by atoms with Gasteiger partial charge in [0.1, 0.15) is 24.4 Å². The Morgan fingerprint density at radius 1 is 1.42 bits per heavy atom. The molecule has 4 rings (SSSR count). The zero-order valence-corrected chi connectivity index (χ0v) is 14.3. The molecular weight excluding hydrogens is 306 g/mol. The van der Waals surface area contributed by atoms with Crippen molar-refractivity contribution in [3.63, 3.8) is 0 Å². The molecule has 2 aliphatic rings. The first kappa shape index (κ1) is 15.4. The van der Waals surface area contributed by atoms with E-state index >= 15 is 0 Å². The van der Waals surface area contributed by atoms with Crippen LogP contribution >= 0.6 is 0 Å². The van der Waals surface area contributed by atoms with Crippen molar-refractivity contribution in [2.75, 3.05) is 38.2 Å². The molecule has 24 heavy (non-hydrogen) atoms. The third kappa shape index (κ3) is 1.90. The summed E-state index contributed by atoms with van der Waals surface area (Å²) < 4.78 is 0. The summed E-state index contributed by atoms with van der Waals surface area (Å²) in [6, 6.07) is 2.00. The van der Waals surface area contributed by atoms with Crippen LogP contribution in [0.15, 0.2) is 18.6 Å². The van der Waals surface area contributed by atoms with E-state index in [0.29, 0.717) is 5.92 Å². The number of aliphatic hydroxyl groups is 1. The van der Waals surface area contributed by atoms with Crippen LogP contribution in [-0.4, -0.2) is 64.2 Å². The molecule has 0 radical (unpaired) electrons. The topological polar surface area (TPSA) is 85.3 Å². The molecule has 7 heteroatoms. The minimum atomic E-state index is -0.400. The molecule has 0 spiro atoms. The van der Waals surface area contributed by atoms with Gasteiger partial charge in [0.2, 0.25) is 5.91 Å². The van der Waals surface area contributed by atoms with Crippen LogP contribution in [0.25, 0.3) is 11.0 Å². The van der Waals surface area contributed by atoms with E-state index in [1.807, 2.05) is 12.3 Å². The highest BCUT2D eigenvalue weighted by atomic mass is 16.3. The third-order valence-electron chi connectivity index (χ3n) is 6.44. The lowest BCUT2D eigenvalue weighted by Gasteiger charge is -2.26. The molecule has 1 unspecified atom stereocenters. The second kappa shape index (κ2) is 4.92. The van der Waals surface area contributed by atoms with E-state index in [9.17, 15) is 4.79 Å². The van der Waals surface area contributed by atoms with Crippen LogP contribution in [0.1, 0.15) is 13.8 Å². The number of amides is 1. The molecule has 0 aromatic carbocycles. The van der Waals surface area contributed by atoms with Crippen LogP contribution in [0.3, 0.4) is 0 Å². The number of hydrogen-bond acceptors (Lipinski definition) is 5. The first-order chi connectivity index (χ1) is 11.4. The lowest BCUT2D eigenvalue weighted by Crippen LogP contribution is -2.37. The van der Waals surface area contributed by atoms with Gasteiger partial charge in [-0.2, -0.15) is 0 Å². The summed E-state index contributed by atoms with van der Waals surface area (Å²) in [5.41, 5.74) is 1.06. The second-order valence-corrected chi connectivity index (χ2v) is 7.61. The minimum absolute atomic E-state index is 0.108. The first-order valence-electron chi connectivity index (χ1n) is 8.28. The number of likely N-dealkylation sites (tertiary alicyclic amines) is 1. The Labute approximate surface area is 140 Å². The molecule has 1 amide bonds. The third-order valence-corrected chi connectivity index (χ3v) is 6.44. The maximum absolute atomic E-state index is 11.8. The lowest BCUT2D eigenvalue weighted by molar-refractivity contribution is -0.134. The summed E-state index contributed by atoms with van der Waals surface area (Å²) in [6.45, 7) is 6.45. The summed E-state index contributed by atoms with van der Waals surface area (Å²) in [7, 11) is 2.06. The molecular formula is C17H23N5O2. The van der Waals surface area contributed by atoms with Gasteiger partial charge in [0, 0.05) is 32.9 Å². The van der Waals surface area contributed by atoms with Gasteiger partial charge in [-0.05, 0) is 22.8 Å². The summed E-state index contributed by atoms with van der Waals surface area (Å²) in [5, 5.41) is 10.1. The van der Waals surface area contributed by atoms with Crippen molar-refractivity contribution >= 4 is 22.8 Å². The Kier molecular flexibility index (Phi) is 3.16. The number of nitrogens with one attached hydrogen (secondary N) is 1. The van der Waals surface area contributed by atoms with E-state index in [4.69, 9.17) is 5.11 Å². The Balaban J connectivity index is 1.52. The zero-order valence-electron chi connectivity index (χ0n) is 14.3. The first-order valence-corrected chi connectivity index (χ1v) is 8.28. The highest BCUT2D eigenvalue weighted by molar-refractivity contribution is 5.87. The van der Waals surface area contributed by atoms with Gasteiger partial charge in [-0.25, -0.2) is 9.97 Å². The van der Waals surface area contributed by atoms with E-state index < -0.39 is 6.61 Å². The quantitative estimate of drug-likeness (QED) is 0.869. The Hall–Kier alpha value is -2.15. The number of carbonyl (C=O) groups is 1. The molecule has 0 bridgehead atoms. The van der Waals surface area contributed by atoms with Gasteiger partial charge in [0.25, 0.3) is 0 Å². The number of aromatic nitrogens is 3.